The predicted molar refractivity (Wildman–Crippen MR) is 77.5 cm³/mol. The fraction of sp³-hybridized carbons (Fsp3) is 0.375. The molecule has 2 aromatic rings. The van der Waals surface area contributed by atoms with Crippen molar-refractivity contribution in [1.29, 1.82) is 0 Å². The van der Waals surface area contributed by atoms with Crippen LogP contribution in [0, 0.1) is 0 Å². The number of carbonyl (C=O) groups excluding carboxylic acids is 1. The third-order valence-corrected chi connectivity index (χ3v) is 3.94. The van der Waals surface area contributed by atoms with Gasteiger partial charge in [-0.15, -0.1) is 0 Å². The lowest BCUT2D eigenvalue weighted by atomic mass is 9.92. The van der Waals surface area contributed by atoms with Crippen LogP contribution < -0.4 is 5.32 Å². The number of nitrogens with zero attached hydrogens (tertiary/aromatic N) is 1. The first-order valence-electron chi connectivity index (χ1n) is 7.08. The Morgan fingerprint density at radius 2 is 2.00 bits per heavy atom. The van der Waals surface area contributed by atoms with Crippen LogP contribution in [-0.4, -0.2) is 28.1 Å². The van der Waals surface area contributed by atoms with E-state index >= 15 is 0 Å². The van der Waals surface area contributed by atoms with Gasteiger partial charge >= 0.3 is 0 Å². The first-order chi connectivity index (χ1) is 9.75. The lowest BCUT2D eigenvalue weighted by Gasteiger charge is -2.28. The van der Waals surface area contributed by atoms with Crippen molar-refractivity contribution in [3.63, 3.8) is 0 Å². The van der Waals surface area contributed by atoms with Crippen LogP contribution in [0.1, 0.15) is 36.0 Å². The number of fused-ring (bicyclic) bond motifs is 1. The molecule has 1 aliphatic rings. The average molecular weight is 270 g/mol. The number of amides is 1. The fourth-order valence-electron chi connectivity index (χ4n) is 2.82. The Kier molecular flexibility index (Phi) is 3.65. The second kappa shape index (κ2) is 5.59. The van der Waals surface area contributed by atoms with E-state index < -0.39 is 6.10 Å². The van der Waals surface area contributed by atoms with Gasteiger partial charge in [-0.2, -0.15) is 0 Å². The van der Waals surface area contributed by atoms with Crippen LogP contribution in [-0.2, 0) is 0 Å². The van der Waals surface area contributed by atoms with E-state index in [1.165, 1.54) is 0 Å². The number of aromatic nitrogens is 1. The van der Waals surface area contributed by atoms with Crippen LogP contribution >= 0.6 is 0 Å². The topological polar surface area (TPSA) is 62.2 Å². The Morgan fingerprint density at radius 3 is 2.85 bits per heavy atom. The molecule has 1 aromatic carbocycles. The zero-order valence-electron chi connectivity index (χ0n) is 11.2. The standard InChI is InChI=1S/C16H18N2O2/c19-15-8-4-3-7-14(15)18-16(20)12-9-10-17-13-6-2-1-5-11(12)13/h1-2,5-6,9-10,14-15,19H,3-4,7-8H2,(H,18,20)/t14-,15-/m0/s1. The highest BCUT2D eigenvalue weighted by Gasteiger charge is 2.25. The normalized spacial score (nSPS) is 22.6. The molecule has 1 amide bonds. The third-order valence-electron chi connectivity index (χ3n) is 3.94. The zero-order valence-corrected chi connectivity index (χ0v) is 11.2. The van der Waals surface area contributed by atoms with Gasteiger partial charge in [-0.3, -0.25) is 9.78 Å². The molecule has 1 aliphatic carbocycles. The van der Waals surface area contributed by atoms with E-state index in [0.29, 0.717) is 5.56 Å². The molecule has 1 saturated carbocycles. The van der Waals surface area contributed by atoms with Crippen LogP contribution in [0.2, 0.25) is 0 Å². The minimum atomic E-state index is -0.430. The van der Waals surface area contributed by atoms with Gasteiger partial charge in [0, 0.05) is 11.6 Å². The van der Waals surface area contributed by atoms with Gasteiger partial charge in [0.1, 0.15) is 0 Å². The molecule has 0 radical (unpaired) electrons. The van der Waals surface area contributed by atoms with Gasteiger partial charge in [-0.1, -0.05) is 31.0 Å². The van der Waals surface area contributed by atoms with Crippen LogP contribution in [0.3, 0.4) is 0 Å². The molecule has 0 unspecified atom stereocenters. The van der Waals surface area contributed by atoms with Crippen molar-refractivity contribution in [2.24, 2.45) is 0 Å². The largest absolute Gasteiger partial charge is 0.391 e. The number of rotatable bonds is 2. The second-order valence-electron chi connectivity index (χ2n) is 5.31. The highest BCUT2D eigenvalue weighted by Crippen LogP contribution is 2.20. The van der Waals surface area contributed by atoms with Crippen molar-refractivity contribution in [3.8, 4) is 0 Å². The second-order valence-corrected chi connectivity index (χ2v) is 5.31. The molecule has 0 spiro atoms. The Hall–Kier alpha value is -1.94. The van der Waals surface area contributed by atoms with Crippen LogP contribution in [0.15, 0.2) is 36.5 Å². The molecule has 20 heavy (non-hydrogen) atoms. The van der Waals surface area contributed by atoms with Crippen molar-refractivity contribution in [1.82, 2.24) is 10.3 Å². The molecule has 0 bridgehead atoms. The molecule has 0 aliphatic heterocycles. The van der Waals surface area contributed by atoms with Crippen molar-refractivity contribution in [2.75, 3.05) is 0 Å². The van der Waals surface area contributed by atoms with Crippen LogP contribution in [0.4, 0.5) is 0 Å². The number of aliphatic hydroxyl groups excluding tert-OH is 1. The summed E-state index contributed by atoms with van der Waals surface area (Å²) in [5.74, 6) is -0.130. The summed E-state index contributed by atoms with van der Waals surface area (Å²) in [5.41, 5.74) is 1.43. The Morgan fingerprint density at radius 1 is 1.20 bits per heavy atom. The zero-order chi connectivity index (χ0) is 13.9. The Labute approximate surface area is 117 Å². The number of nitrogens with one attached hydrogen (secondary N) is 1. The summed E-state index contributed by atoms with van der Waals surface area (Å²) in [5, 5.41) is 13.8. The van der Waals surface area contributed by atoms with Crippen molar-refractivity contribution < 1.29 is 9.90 Å². The Bertz CT molecular complexity index is 621. The summed E-state index contributed by atoms with van der Waals surface area (Å²) in [7, 11) is 0. The van der Waals surface area contributed by atoms with Gasteiger partial charge in [0.05, 0.1) is 23.2 Å². The number of aliphatic hydroxyl groups is 1. The van der Waals surface area contributed by atoms with E-state index in [1.807, 2.05) is 24.3 Å². The minimum Gasteiger partial charge on any atom is -0.391 e. The molecule has 104 valence electrons. The first-order valence-corrected chi connectivity index (χ1v) is 7.08. The van der Waals surface area contributed by atoms with E-state index in [-0.39, 0.29) is 11.9 Å². The highest BCUT2D eigenvalue weighted by molar-refractivity contribution is 6.06. The molecule has 3 rings (SSSR count). The quantitative estimate of drug-likeness (QED) is 0.880. The predicted octanol–water partition coefficient (Wildman–Crippen LogP) is 2.27. The molecule has 1 fully saturated rings. The number of carbonyl (C=O) groups is 1. The molecule has 4 nitrogen and oxygen atoms in total. The maximum absolute atomic E-state index is 12.4. The summed E-state index contributed by atoms with van der Waals surface area (Å²) in [6.45, 7) is 0. The summed E-state index contributed by atoms with van der Waals surface area (Å²) < 4.78 is 0. The van der Waals surface area contributed by atoms with E-state index in [9.17, 15) is 9.90 Å². The lowest BCUT2D eigenvalue weighted by Crippen LogP contribution is -2.45. The van der Waals surface area contributed by atoms with Gasteiger partial charge in [0.25, 0.3) is 5.91 Å². The highest BCUT2D eigenvalue weighted by atomic mass is 16.3. The van der Waals surface area contributed by atoms with Crippen LogP contribution in [0.25, 0.3) is 10.9 Å². The number of para-hydroxylation sites is 1. The SMILES string of the molecule is O=C(N[C@H]1CCCC[C@@H]1O)c1ccnc2ccccc12. The first kappa shape index (κ1) is 13.1. The summed E-state index contributed by atoms with van der Waals surface area (Å²) in [6.07, 6.45) is 4.91. The summed E-state index contributed by atoms with van der Waals surface area (Å²) in [6, 6.07) is 9.18. The molecule has 4 heteroatoms. The maximum Gasteiger partial charge on any atom is 0.252 e. The molecule has 0 saturated heterocycles. The monoisotopic (exact) mass is 270 g/mol. The van der Waals surface area contributed by atoms with E-state index in [2.05, 4.69) is 10.3 Å². The van der Waals surface area contributed by atoms with Gasteiger partial charge in [-0.25, -0.2) is 0 Å². The van der Waals surface area contributed by atoms with Crippen molar-refractivity contribution >= 4 is 16.8 Å². The molecular weight excluding hydrogens is 252 g/mol. The van der Waals surface area contributed by atoms with E-state index in [0.717, 1.165) is 36.6 Å². The molecule has 2 atom stereocenters. The maximum atomic E-state index is 12.4. The number of pyridine rings is 1. The molecular formula is C16H18N2O2. The summed E-state index contributed by atoms with van der Waals surface area (Å²) in [4.78, 5) is 16.7. The van der Waals surface area contributed by atoms with E-state index in [4.69, 9.17) is 0 Å². The number of benzene rings is 1. The summed E-state index contributed by atoms with van der Waals surface area (Å²) >= 11 is 0. The molecule has 1 heterocycles. The number of hydrogen-bond acceptors (Lipinski definition) is 3. The third kappa shape index (κ3) is 2.51. The van der Waals surface area contributed by atoms with Crippen molar-refractivity contribution in [2.45, 2.75) is 37.8 Å². The van der Waals surface area contributed by atoms with Gasteiger partial charge < -0.3 is 10.4 Å². The van der Waals surface area contributed by atoms with Crippen LogP contribution in [0.5, 0.6) is 0 Å². The van der Waals surface area contributed by atoms with E-state index in [1.54, 1.807) is 12.3 Å². The Balaban J connectivity index is 1.85. The number of hydrogen-bond donors (Lipinski definition) is 2. The fourth-order valence-corrected chi connectivity index (χ4v) is 2.82. The van der Waals surface area contributed by atoms with Gasteiger partial charge in [0.15, 0.2) is 0 Å². The molecule has 2 N–H and O–H groups in total. The average Bonchev–Trinajstić information content (AvgIpc) is 2.49. The van der Waals surface area contributed by atoms with Gasteiger partial charge in [-0.05, 0) is 25.0 Å². The van der Waals surface area contributed by atoms with Crippen molar-refractivity contribution in [3.05, 3.63) is 42.1 Å². The molecule has 1 aromatic heterocycles. The lowest BCUT2D eigenvalue weighted by molar-refractivity contribution is 0.0718. The minimum absolute atomic E-state index is 0.130. The smallest absolute Gasteiger partial charge is 0.252 e. The van der Waals surface area contributed by atoms with Gasteiger partial charge in [0.2, 0.25) is 0 Å².